The molecule has 0 bridgehead atoms. The second kappa shape index (κ2) is 11.4. The highest BCUT2D eigenvalue weighted by Gasteiger charge is 2.60. The molecule has 220 valence electrons. The van der Waals surface area contributed by atoms with E-state index in [1.165, 1.54) is 45.6 Å². The molecule has 4 rings (SSSR count). The molecule has 0 amide bonds. The van der Waals surface area contributed by atoms with Gasteiger partial charge in [0.1, 0.15) is 13.2 Å². The number of quaternary nitrogens is 1. The highest BCUT2D eigenvalue weighted by molar-refractivity contribution is 7.47. The summed E-state index contributed by atoms with van der Waals surface area (Å²) in [6.45, 7) is 8.33. The van der Waals surface area contributed by atoms with E-state index < -0.39 is 7.82 Å². The number of phosphoric acid groups is 1. The molecule has 10 atom stereocenters. The molecule has 4 saturated carbocycles. The maximum atomic E-state index is 12.7. The van der Waals surface area contributed by atoms with Gasteiger partial charge in [0.25, 0.3) is 0 Å². The molecule has 38 heavy (non-hydrogen) atoms. The van der Waals surface area contributed by atoms with Crippen molar-refractivity contribution in [2.75, 3.05) is 41.4 Å². The van der Waals surface area contributed by atoms with Gasteiger partial charge in [-0.2, -0.15) is 0 Å². The Morgan fingerprint density at radius 3 is 2.39 bits per heavy atom. The SMILES string of the molecule is COC(=O)CC[C@@H](C)[C@H]1CC[C@H]2[C@@H]3CC[C@@H]4C[C@H](OP(=O)(O)OCC[N+](C)(C)C)CC[C@]4(C)[C@H]3CC[C@]12C. The fourth-order valence-corrected chi connectivity index (χ4v) is 10.5. The first-order valence-electron chi connectivity index (χ1n) is 15.2. The fourth-order valence-electron chi connectivity index (χ4n) is 9.59. The van der Waals surface area contributed by atoms with E-state index in [1.807, 2.05) is 21.1 Å². The van der Waals surface area contributed by atoms with Crippen molar-refractivity contribution in [3.63, 3.8) is 0 Å². The van der Waals surface area contributed by atoms with Crippen molar-refractivity contribution in [2.45, 2.75) is 97.5 Å². The molecule has 4 aliphatic carbocycles. The molecule has 0 aromatic carbocycles. The van der Waals surface area contributed by atoms with Gasteiger partial charge < -0.3 is 14.1 Å². The van der Waals surface area contributed by atoms with Crippen LogP contribution in [-0.2, 0) is 23.1 Å². The molecular formula is C30H55NO6P+. The van der Waals surface area contributed by atoms with Gasteiger partial charge in [0, 0.05) is 6.42 Å². The zero-order valence-corrected chi connectivity index (χ0v) is 26.0. The molecule has 0 heterocycles. The van der Waals surface area contributed by atoms with E-state index >= 15 is 0 Å². The molecule has 0 aromatic heterocycles. The zero-order chi connectivity index (χ0) is 27.9. The first-order valence-corrected chi connectivity index (χ1v) is 16.7. The van der Waals surface area contributed by atoms with Crippen LogP contribution in [0.3, 0.4) is 0 Å². The molecule has 1 unspecified atom stereocenters. The van der Waals surface area contributed by atoms with Crippen molar-refractivity contribution in [1.82, 2.24) is 0 Å². The average Bonchev–Trinajstić information content (AvgIpc) is 3.18. The van der Waals surface area contributed by atoms with Gasteiger partial charge >= 0.3 is 13.8 Å². The maximum Gasteiger partial charge on any atom is 0.472 e. The summed E-state index contributed by atoms with van der Waals surface area (Å²) in [5, 5.41) is 0. The number of hydrogen-bond acceptors (Lipinski definition) is 5. The molecule has 0 saturated heterocycles. The van der Waals surface area contributed by atoms with Gasteiger partial charge in [-0.25, -0.2) is 4.57 Å². The van der Waals surface area contributed by atoms with Crippen LogP contribution in [0.1, 0.15) is 91.4 Å². The van der Waals surface area contributed by atoms with Gasteiger partial charge in [-0.1, -0.05) is 20.8 Å². The van der Waals surface area contributed by atoms with Crippen LogP contribution in [0.5, 0.6) is 0 Å². The summed E-state index contributed by atoms with van der Waals surface area (Å²) in [5.74, 6) is 4.03. The highest BCUT2D eigenvalue weighted by Crippen LogP contribution is 2.68. The highest BCUT2D eigenvalue weighted by atomic mass is 31.2. The normalized spacial score (nSPS) is 41.4. The van der Waals surface area contributed by atoms with Crippen LogP contribution in [0.2, 0.25) is 0 Å². The predicted octanol–water partition coefficient (Wildman–Crippen LogP) is 6.44. The average molecular weight is 557 g/mol. The van der Waals surface area contributed by atoms with Crippen LogP contribution < -0.4 is 0 Å². The number of esters is 1. The Kier molecular flexibility index (Phi) is 9.17. The van der Waals surface area contributed by atoms with E-state index in [0.717, 1.165) is 43.4 Å². The molecule has 4 aliphatic rings. The molecular weight excluding hydrogens is 501 g/mol. The Morgan fingerprint density at radius 1 is 1.03 bits per heavy atom. The number of likely N-dealkylation sites (N-methyl/N-ethyl adjacent to an activating group) is 1. The van der Waals surface area contributed by atoms with Crippen molar-refractivity contribution in [3.05, 3.63) is 0 Å². The topological polar surface area (TPSA) is 82.1 Å². The lowest BCUT2D eigenvalue weighted by Crippen LogP contribution is -2.54. The Labute approximate surface area is 231 Å². The first kappa shape index (κ1) is 30.5. The summed E-state index contributed by atoms with van der Waals surface area (Å²) in [5.41, 5.74) is 0.676. The van der Waals surface area contributed by atoms with E-state index in [4.69, 9.17) is 13.8 Å². The predicted molar refractivity (Wildman–Crippen MR) is 149 cm³/mol. The summed E-state index contributed by atoms with van der Waals surface area (Å²) in [4.78, 5) is 22.1. The number of hydrogen-bond donors (Lipinski definition) is 1. The quantitative estimate of drug-likeness (QED) is 0.189. The summed E-state index contributed by atoms with van der Waals surface area (Å²) in [6, 6.07) is 0. The van der Waals surface area contributed by atoms with E-state index in [2.05, 4.69) is 20.8 Å². The van der Waals surface area contributed by atoms with Crippen LogP contribution in [0.15, 0.2) is 0 Å². The molecule has 8 heteroatoms. The van der Waals surface area contributed by atoms with Crippen LogP contribution in [0.25, 0.3) is 0 Å². The molecule has 0 aromatic rings. The van der Waals surface area contributed by atoms with Crippen LogP contribution in [0, 0.1) is 46.3 Å². The molecule has 0 radical (unpaired) electrons. The van der Waals surface area contributed by atoms with Crippen molar-refractivity contribution >= 4 is 13.8 Å². The van der Waals surface area contributed by atoms with Crippen LogP contribution in [0.4, 0.5) is 0 Å². The van der Waals surface area contributed by atoms with Crippen LogP contribution >= 0.6 is 7.82 Å². The number of phosphoric ester groups is 1. The lowest BCUT2D eigenvalue weighted by molar-refractivity contribution is -0.870. The Hall–Kier alpha value is -0.460. The largest absolute Gasteiger partial charge is 0.472 e. The summed E-state index contributed by atoms with van der Waals surface area (Å²) in [7, 11) is 3.56. The van der Waals surface area contributed by atoms with Gasteiger partial charge in [-0.3, -0.25) is 13.8 Å². The van der Waals surface area contributed by atoms with Gasteiger partial charge in [0.2, 0.25) is 0 Å². The molecule has 7 nitrogen and oxygen atoms in total. The number of rotatable bonds is 10. The van der Waals surface area contributed by atoms with Crippen molar-refractivity contribution in [1.29, 1.82) is 0 Å². The first-order chi connectivity index (χ1) is 17.7. The molecule has 4 fully saturated rings. The van der Waals surface area contributed by atoms with E-state index in [9.17, 15) is 14.3 Å². The van der Waals surface area contributed by atoms with Gasteiger partial charge in [0.15, 0.2) is 0 Å². The fraction of sp³-hybridized carbons (Fsp3) is 0.967. The second-order valence-electron chi connectivity index (χ2n) is 14.8. The molecule has 0 aliphatic heterocycles. The third-order valence-electron chi connectivity index (χ3n) is 11.7. The third kappa shape index (κ3) is 6.38. The minimum atomic E-state index is -4.04. The summed E-state index contributed by atoms with van der Waals surface area (Å²) >= 11 is 0. The number of carbonyl (C=O) groups excluding carboxylic acids is 1. The van der Waals surface area contributed by atoms with E-state index in [0.29, 0.717) is 46.0 Å². The number of nitrogens with zero attached hydrogens (tertiary/aromatic N) is 1. The lowest BCUT2D eigenvalue weighted by Gasteiger charge is -2.61. The molecule has 0 spiro atoms. The van der Waals surface area contributed by atoms with Gasteiger partial charge in [-0.15, -0.1) is 0 Å². The van der Waals surface area contributed by atoms with Crippen LogP contribution in [-0.4, -0.2) is 62.9 Å². The third-order valence-corrected chi connectivity index (χ3v) is 12.8. The Morgan fingerprint density at radius 2 is 1.71 bits per heavy atom. The minimum absolute atomic E-state index is 0.0839. The summed E-state index contributed by atoms with van der Waals surface area (Å²) in [6.07, 6.45) is 11.8. The summed E-state index contributed by atoms with van der Waals surface area (Å²) < 4.78 is 29.3. The van der Waals surface area contributed by atoms with Crippen molar-refractivity contribution in [3.8, 4) is 0 Å². The number of carbonyl (C=O) groups is 1. The van der Waals surface area contributed by atoms with Crippen molar-refractivity contribution in [2.24, 2.45) is 46.3 Å². The smallest absolute Gasteiger partial charge is 0.469 e. The van der Waals surface area contributed by atoms with Gasteiger partial charge in [0.05, 0.1) is 34.4 Å². The van der Waals surface area contributed by atoms with E-state index in [1.54, 1.807) is 0 Å². The standard InChI is InChI=1S/C30H54NO6P/c1-21(8-13-28(32)35-7)25-11-12-26-24-10-9-22-20-23(37-38(33,34)36-19-18-31(4,5)6)14-16-29(22,2)27(24)15-17-30(25,26)3/h21-27H,8-20H2,1-7H3/p+1/t21-,22-,23-,24+,25-,26+,27+,29+,30-/m1/s1. The minimum Gasteiger partial charge on any atom is -0.469 e. The zero-order valence-electron chi connectivity index (χ0n) is 25.1. The Balaban J connectivity index is 1.36. The number of methoxy groups -OCH3 is 1. The molecule has 1 N–H and O–H groups in total. The maximum absolute atomic E-state index is 12.7. The van der Waals surface area contributed by atoms with Crippen molar-refractivity contribution < 1.29 is 32.5 Å². The van der Waals surface area contributed by atoms with E-state index in [-0.39, 0.29) is 18.7 Å². The monoisotopic (exact) mass is 556 g/mol. The second-order valence-corrected chi connectivity index (χ2v) is 16.2. The number of ether oxygens (including phenoxy) is 1. The lowest BCUT2D eigenvalue weighted by atomic mass is 9.44. The number of fused-ring (bicyclic) bond motifs is 5. The van der Waals surface area contributed by atoms with Gasteiger partial charge in [-0.05, 0) is 111 Å². The Bertz CT molecular complexity index is 890.